The Kier molecular flexibility index (Phi) is 5.64. The van der Waals surface area contributed by atoms with Gasteiger partial charge in [0.1, 0.15) is 5.82 Å². The van der Waals surface area contributed by atoms with Gasteiger partial charge in [0.15, 0.2) is 11.5 Å². The maximum absolute atomic E-state index is 13.2. The molecular weight excluding hydrogens is 416 g/mol. The fraction of sp³-hybridized carbons (Fsp3) is 0.111. The van der Waals surface area contributed by atoms with Crippen molar-refractivity contribution < 1.29 is 23.8 Å². The number of halogens is 3. The maximum Gasteiger partial charge on any atom is 0.293 e. The molecule has 1 aliphatic rings. The van der Waals surface area contributed by atoms with E-state index in [0.717, 1.165) is 22.7 Å². The summed E-state index contributed by atoms with van der Waals surface area (Å²) in [7, 11) is 1.37. The average molecular weight is 428 g/mol. The van der Waals surface area contributed by atoms with Crippen LogP contribution >= 0.6 is 35.0 Å². The van der Waals surface area contributed by atoms with Gasteiger partial charge in [0.2, 0.25) is 0 Å². The second-order valence-electron chi connectivity index (χ2n) is 5.56. The van der Waals surface area contributed by atoms with Crippen LogP contribution in [0.4, 0.5) is 9.18 Å². The molecule has 2 aromatic carbocycles. The highest BCUT2D eigenvalue weighted by Crippen LogP contribution is 2.38. The van der Waals surface area contributed by atoms with Crippen molar-refractivity contribution in [1.29, 1.82) is 0 Å². The number of imide groups is 1. The second kappa shape index (κ2) is 7.80. The number of ether oxygens (including phenoxy) is 1. The van der Waals surface area contributed by atoms with Gasteiger partial charge in [-0.15, -0.1) is 0 Å². The van der Waals surface area contributed by atoms with Gasteiger partial charge >= 0.3 is 0 Å². The number of methoxy groups -OCH3 is 1. The molecule has 9 heteroatoms. The van der Waals surface area contributed by atoms with Gasteiger partial charge < -0.3 is 9.84 Å². The minimum absolute atomic E-state index is 0.0536. The number of nitrogens with zero attached hydrogens (tertiary/aromatic N) is 1. The molecule has 0 bridgehead atoms. The van der Waals surface area contributed by atoms with Gasteiger partial charge in [0.05, 0.1) is 23.6 Å². The van der Waals surface area contributed by atoms with Gasteiger partial charge in [-0.25, -0.2) is 4.39 Å². The number of carbonyl (C=O) groups is 2. The van der Waals surface area contributed by atoms with Gasteiger partial charge in [-0.2, -0.15) is 0 Å². The van der Waals surface area contributed by atoms with Crippen LogP contribution in [0.5, 0.6) is 11.5 Å². The number of hydrogen-bond donors (Lipinski definition) is 1. The second-order valence-corrected chi connectivity index (χ2v) is 7.36. The van der Waals surface area contributed by atoms with E-state index in [-0.39, 0.29) is 33.0 Å². The Balaban J connectivity index is 1.87. The van der Waals surface area contributed by atoms with Crippen LogP contribution in [0, 0.1) is 5.82 Å². The summed E-state index contributed by atoms with van der Waals surface area (Å²) in [6, 6.07) is 6.70. The number of phenols is 1. The summed E-state index contributed by atoms with van der Waals surface area (Å²) < 4.78 is 18.2. The van der Waals surface area contributed by atoms with E-state index in [0.29, 0.717) is 11.1 Å². The van der Waals surface area contributed by atoms with E-state index in [1.54, 1.807) is 0 Å². The summed E-state index contributed by atoms with van der Waals surface area (Å²) in [5.74, 6) is -1.08. The summed E-state index contributed by atoms with van der Waals surface area (Å²) in [6.07, 6.45) is 1.48. The number of phenolic OH excluding ortho intramolecular Hbond substituents is 1. The van der Waals surface area contributed by atoms with Crippen molar-refractivity contribution in [2.45, 2.75) is 6.54 Å². The van der Waals surface area contributed by atoms with Gasteiger partial charge in [-0.1, -0.05) is 29.3 Å². The lowest BCUT2D eigenvalue weighted by atomic mass is 10.1. The molecule has 0 radical (unpaired) electrons. The molecular formula is C18H12Cl2FNO4S. The van der Waals surface area contributed by atoms with Crippen molar-refractivity contribution in [2.75, 3.05) is 7.11 Å². The van der Waals surface area contributed by atoms with Crippen LogP contribution < -0.4 is 4.74 Å². The first-order valence-electron chi connectivity index (χ1n) is 7.56. The standard InChI is InChI=1S/C18H12Cl2FNO4S/c1-26-14-5-9(4-13(20)16(14)23)6-15-17(24)22(18(25)27-15)8-10-2-3-11(21)7-12(10)19/h2-7,23H,8H2,1H3/b15-6+. The molecule has 0 atom stereocenters. The van der Waals surface area contributed by atoms with Crippen molar-refractivity contribution in [2.24, 2.45) is 0 Å². The van der Waals surface area contributed by atoms with E-state index in [2.05, 4.69) is 0 Å². The van der Waals surface area contributed by atoms with Crippen LogP contribution in [0.2, 0.25) is 10.0 Å². The van der Waals surface area contributed by atoms with Crippen LogP contribution in [0.25, 0.3) is 6.08 Å². The Morgan fingerprint density at radius 1 is 1.22 bits per heavy atom. The van der Waals surface area contributed by atoms with E-state index < -0.39 is 17.0 Å². The van der Waals surface area contributed by atoms with Crippen molar-refractivity contribution >= 4 is 52.2 Å². The first-order chi connectivity index (χ1) is 12.8. The van der Waals surface area contributed by atoms with Gasteiger partial charge in [-0.3, -0.25) is 14.5 Å². The van der Waals surface area contributed by atoms with E-state index in [4.69, 9.17) is 27.9 Å². The third-order valence-corrected chi connectivity index (χ3v) is 5.33. The smallest absolute Gasteiger partial charge is 0.293 e. The first kappa shape index (κ1) is 19.5. The molecule has 1 fully saturated rings. The highest BCUT2D eigenvalue weighted by molar-refractivity contribution is 8.18. The van der Waals surface area contributed by atoms with E-state index in [9.17, 15) is 19.1 Å². The number of carbonyl (C=O) groups excluding carboxylic acids is 2. The van der Waals surface area contributed by atoms with Crippen molar-refractivity contribution in [3.05, 3.63) is 62.2 Å². The molecule has 0 saturated carbocycles. The van der Waals surface area contributed by atoms with Crippen LogP contribution in [0.15, 0.2) is 35.2 Å². The molecule has 0 aromatic heterocycles. The number of benzene rings is 2. The molecule has 1 saturated heterocycles. The van der Waals surface area contributed by atoms with Gasteiger partial charge in [0, 0.05) is 5.02 Å². The third-order valence-electron chi connectivity index (χ3n) is 3.79. The number of hydrogen-bond acceptors (Lipinski definition) is 5. The van der Waals surface area contributed by atoms with Crippen LogP contribution in [0.3, 0.4) is 0 Å². The number of aromatic hydroxyl groups is 1. The average Bonchev–Trinajstić information content (AvgIpc) is 2.87. The fourth-order valence-electron chi connectivity index (χ4n) is 2.44. The lowest BCUT2D eigenvalue weighted by Gasteiger charge is -2.13. The molecule has 27 heavy (non-hydrogen) atoms. The topological polar surface area (TPSA) is 66.8 Å². The number of rotatable bonds is 4. The molecule has 0 spiro atoms. The number of amides is 2. The van der Waals surface area contributed by atoms with Crippen LogP contribution in [-0.4, -0.2) is 28.3 Å². The molecule has 2 aromatic rings. The molecule has 1 heterocycles. The van der Waals surface area contributed by atoms with Crippen molar-refractivity contribution in [1.82, 2.24) is 4.90 Å². The Labute approximate surface area is 168 Å². The minimum Gasteiger partial charge on any atom is -0.503 e. The lowest BCUT2D eigenvalue weighted by Crippen LogP contribution is -2.27. The maximum atomic E-state index is 13.2. The van der Waals surface area contributed by atoms with Crippen LogP contribution in [-0.2, 0) is 11.3 Å². The fourth-order valence-corrected chi connectivity index (χ4v) is 3.73. The highest BCUT2D eigenvalue weighted by atomic mass is 35.5. The summed E-state index contributed by atoms with van der Waals surface area (Å²) in [4.78, 5) is 26.0. The Morgan fingerprint density at radius 2 is 1.96 bits per heavy atom. The highest BCUT2D eigenvalue weighted by Gasteiger charge is 2.35. The van der Waals surface area contributed by atoms with Gasteiger partial charge in [0.25, 0.3) is 11.1 Å². The zero-order chi connectivity index (χ0) is 19.7. The predicted molar refractivity (Wildman–Crippen MR) is 103 cm³/mol. The van der Waals surface area contributed by atoms with Crippen molar-refractivity contribution in [3.63, 3.8) is 0 Å². The zero-order valence-electron chi connectivity index (χ0n) is 13.8. The minimum atomic E-state index is -0.506. The molecule has 3 rings (SSSR count). The molecule has 0 unspecified atom stereocenters. The first-order valence-corrected chi connectivity index (χ1v) is 9.13. The summed E-state index contributed by atoms with van der Waals surface area (Å²) in [5, 5.41) is 9.49. The molecule has 1 aliphatic heterocycles. The van der Waals surface area contributed by atoms with Crippen molar-refractivity contribution in [3.8, 4) is 11.5 Å². The van der Waals surface area contributed by atoms with Crippen LogP contribution in [0.1, 0.15) is 11.1 Å². The van der Waals surface area contributed by atoms with E-state index in [1.807, 2.05) is 0 Å². The van der Waals surface area contributed by atoms with E-state index in [1.165, 1.54) is 37.5 Å². The number of thioether (sulfide) groups is 1. The van der Waals surface area contributed by atoms with E-state index >= 15 is 0 Å². The molecule has 140 valence electrons. The Bertz CT molecular complexity index is 980. The summed E-state index contributed by atoms with van der Waals surface area (Å²) >= 11 is 12.7. The monoisotopic (exact) mass is 427 g/mol. The summed E-state index contributed by atoms with van der Waals surface area (Å²) in [6.45, 7) is -0.0687. The Morgan fingerprint density at radius 3 is 2.63 bits per heavy atom. The zero-order valence-corrected chi connectivity index (χ0v) is 16.2. The third kappa shape index (κ3) is 4.05. The van der Waals surface area contributed by atoms with Gasteiger partial charge in [-0.05, 0) is 53.2 Å². The molecule has 5 nitrogen and oxygen atoms in total. The normalized spacial score (nSPS) is 15.7. The Hall–Kier alpha value is -2.22. The lowest BCUT2D eigenvalue weighted by molar-refractivity contribution is -0.123. The quantitative estimate of drug-likeness (QED) is 0.688. The molecule has 2 amide bonds. The molecule has 0 aliphatic carbocycles. The predicted octanol–water partition coefficient (Wildman–Crippen LogP) is 5.08. The SMILES string of the molecule is COc1cc(/C=C2/SC(=O)N(Cc3ccc(F)cc3Cl)C2=O)cc(Cl)c1O. The molecule has 1 N–H and O–H groups in total. The summed E-state index contributed by atoms with van der Waals surface area (Å²) in [5.41, 5.74) is 0.941. The largest absolute Gasteiger partial charge is 0.503 e.